The summed E-state index contributed by atoms with van der Waals surface area (Å²) in [6.45, 7) is 5.21. The fourth-order valence-electron chi connectivity index (χ4n) is 3.47. The van der Waals surface area contributed by atoms with E-state index in [-0.39, 0.29) is 24.3 Å². The zero-order valence-corrected chi connectivity index (χ0v) is 20.5. The highest BCUT2D eigenvalue weighted by Gasteiger charge is 2.34. The molecule has 0 N–H and O–H groups in total. The highest BCUT2D eigenvalue weighted by molar-refractivity contribution is 8.18. The Hall–Kier alpha value is -3.71. The van der Waals surface area contributed by atoms with Crippen molar-refractivity contribution in [2.24, 2.45) is 0 Å². The highest BCUT2D eigenvalue weighted by Crippen LogP contribution is 2.35. The lowest BCUT2D eigenvalue weighted by molar-refractivity contribution is -0.123. The van der Waals surface area contributed by atoms with Crippen LogP contribution in [-0.4, -0.2) is 35.8 Å². The van der Waals surface area contributed by atoms with Crippen molar-refractivity contribution in [3.05, 3.63) is 94.4 Å². The summed E-state index contributed by atoms with van der Waals surface area (Å²) in [4.78, 5) is 26.9. The summed E-state index contributed by atoms with van der Waals surface area (Å²) in [5.74, 6) is 1.59. The molecule has 0 aliphatic carbocycles. The van der Waals surface area contributed by atoms with Crippen molar-refractivity contribution in [1.29, 1.82) is 0 Å². The van der Waals surface area contributed by atoms with E-state index >= 15 is 0 Å². The van der Waals surface area contributed by atoms with Gasteiger partial charge in [0.2, 0.25) is 0 Å². The Labute approximate surface area is 209 Å². The van der Waals surface area contributed by atoms with Crippen LogP contribution in [0.5, 0.6) is 17.2 Å². The first-order chi connectivity index (χ1) is 17.0. The van der Waals surface area contributed by atoms with Crippen molar-refractivity contribution in [3.8, 4) is 17.2 Å². The molecule has 3 aromatic carbocycles. The molecule has 2 amide bonds. The lowest BCUT2D eigenvalue weighted by Crippen LogP contribution is -2.32. The van der Waals surface area contributed by atoms with E-state index in [1.54, 1.807) is 6.08 Å². The Balaban J connectivity index is 1.41. The van der Waals surface area contributed by atoms with Crippen LogP contribution in [-0.2, 0) is 11.4 Å². The maximum absolute atomic E-state index is 12.8. The molecule has 1 aliphatic heterocycles. The largest absolute Gasteiger partial charge is 0.492 e. The number of carbonyl (C=O) groups excluding carboxylic acids is 2. The second-order valence-electron chi connectivity index (χ2n) is 7.91. The molecule has 35 heavy (non-hydrogen) atoms. The van der Waals surface area contributed by atoms with Gasteiger partial charge >= 0.3 is 0 Å². The van der Waals surface area contributed by atoms with E-state index in [2.05, 4.69) is 0 Å². The number of imide groups is 1. The molecule has 1 saturated heterocycles. The number of ether oxygens (including phenoxy) is 3. The van der Waals surface area contributed by atoms with Gasteiger partial charge in [-0.2, -0.15) is 0 Å². The third-order valence-electron chi connectivity index (χ3n) is 5.28. The molecule has 0 saturated carbocycles. The van der Waals surface area contributed by atoms with E-state index in [0.717, 1.165) is 28.5 Å². The van der Waals surface area contributed by atoms with E-state index in [9.17, 15) is 9.59 Å². The predicted molar refractivity (Wildman–Crippen MR) is 138 cm³/mol. The monoisotopic (exact) mass is 489 g/mol. The van der Waals surface area contributed by atoms with Gasteiger partial charge in [-0.1, -0.05) is 54.1 Å². The standard InChI is InChI=1S/C28H27NO5S/c1-3-32-25-17-22(11-14-24(25)34-19-21-7-5-4-6-8-21)18-26-27(30)29(28(31)35-26)15-16-33-23-12-9-20(2)10-13-23/h4-14,17-18H,3,15-16,19H2,1-2H3/b26-18-. The molecule has 0 bridgehead atoms. The average molecular weight is 490 g/mol. The van der Waals surface area contributed by atoms with Crippen LogP contribution in [0.1, 0.15) is 23.6 Å². The first-order valence-electron chi connectivity index (χ1n) is 11.4. The summed E-state index contributed by atoms with van der Waals surface area (Å²) >= 11 is 0.927. The molecule has 1 fully saturated rings. The topological polar surface area (TPSA) is 65.1 Å². The number of benzene rings is 3. The lowest BCUT2D eigenvalue weighted by atomic mass is 10.1. The summed E-state index contributed by atoms with van der Waals surface area (Å²) in [6, 6.07) is 23.0. The molecule has 3 aromatic rings. The summed E-state index contributed by atoms with van der Waals surface area (Å²) < 4.78 is 17.4. The van der Waals surface area contributed by atoms with Crippen molar-refractivity contribution in [3.63, 3.8) is 0 Å². The number of carbonyl (C=O) groups is 2. The summed E-state index contributed by atoms with van der Waals surface area (Å²) in [6.07, 6.45) is 1.70. The molecular weight excluding hydrogens is 462 g/mol. The number of rotatable bonds is 10. The van der Waals surface area contributed by atoms with Crippen molar-refractivity contribution in [2.45, 2.75) is 20.5 Å². The zero-order valence-electron chi connectivity index (χ0n) is 19.7. The van der Waals surface area contributed by atoms with Gasteiger partial charge in [-0.05, 0) is 67.1 Å². The van der Waals surface area contributed by atoms with Crippen LogP contribution in [0.3, 0.4) is 0 Å². The Morgan fingerprint density at radius 3 is 2.40 bits per heavy atom. The molecule has 0 spiro atoms. The molecule has 0 atom stereocenters. The maximum Gasteiger partial charge on any atom is 0.293 e. The van der Waals surface area contributed by atoms with Crippen molar-refractivity contribution in [1.82, 2.24) is 4.90 Å². The zero-order chi connectivity index (χ0) is 24.6. The average Bonchev–Trinajstić information content (AvgIpc) is 3.13. The van der Waals surface area contributed by atoms with Gasteiger partial charge in [0.25, 0.3) is 11.1 Å². The Bertz CT molecular complexity index is 1210. The molecule has 180 valence electrons. The number of amides is 2. The molecular formula is C28H27NO5S. The van der Waals surface area contributed by atoms with E-state index in [1.807, 2.05) is 86.6 Å². The molecule has 6 nitrogen and oxygen atoms in total. The van der Waals surface area contributed by atoms with Gasteiger partial charge in [0.15, 0.2) is 11.5 Å². The molecule has 1 heterocycles. The van der Waals surface area contributed by atoms with Crippen LogP contribution >= 0.6 is 11.8 Å². The minimum absolute atomic E-state index is 0.187. The molecule has 4 rings (SSSR count). The summed E-state index contributed by atoms with van der Waals surface area (Å²) in [5, 5.41) is -0.304. The molecule has 7 heteroatoms. The van der Waals surface area contributed by atoms with Crippen LogP contribution in [0.25, 0.3) is 6.08 Å². The van der Waals surface area contributed by atoms with E-state index in [4.69, 9.17) is 14.2 Å². The van der Waals surface area contributed by atoms with Gasteiger partial charge in [0, 0.05) is 0 Å². The van der Waals surface area contributed by atoms with Gasteiger partial charge in [0.05, 0.1) is 18.1 Å². The molecule has 1 aliphatic rings. The van der Waals surface area contributed by atoms with Crippen molar-refractivity contribution in [2.75, 3.05) is 19.8 Å². The van der Waals surface area contributed by atoms with Gasteiger partial charge in [-0.15, -0.1) is 0 Å². The van der Waals surface area contributed by atoms with Crippen molar-refractivity contribution >= 4 is 29.0 Å². The number of aryl methyl sites for hydroxylation is 1. The Kier molecular flexibility index (Phi) is 8.11. The SMILES string of the molecule is CCOc1cc(/C=C2\SC(=O)N(CCOc3ccc(C)cc3)C2=O)ccc1OCc1ccccc1. The second kappa shape index (κ2) is 11.6. The van der Waals surface area contributed by atoms with Gasteiger partial charge in [-0.3, -0.25) is 14.5 Å². The van der Waals surface area contributed by atoms with Crippen LogP contribution in [0.4, 0.5) is 4.79 Å². The number of nitrogens with zero attached hydrogens (tertiary/aromatic N) is 1. The van der Waals surface area contributed by atoms with Crippen LogP contribution in [0, 0.1) is 6.92 Å². The van der Waals surface area contributed by atoms with E-state index in [0.29, 0.717) is 35.4 Å². The first-order valence-corrected chi connectivity index (χ1v) is 12.2. The fourth-order valence-corrected chi connectivity index (χ4v) is 4.34. The quantitative estimate of drug-likeness (QED) is 0.321. The molecule has 0 radical (unpaired) electrons. The number of thioether (sulfide) groups is 1. The molecule has 0 aromatic heterocycles. The minimum Gasteiger partial charge on any atom is -0.492 e. The highest BCUT2D eigenvalue weighted by atomic mass is 32.2. The first kappa shape index (κ1) is 24.4. The van der Waals surface area contributed by atoms with Crippen LogP contribution < -0.4 is 14.2 Å². The third kappa shape index (κ3) is 6.45. The minimum atomic E-state index is -0.324. The summed E-state index contributed by atoms with van der Waals surface area (Å²) in [5.41, 5.74) is 2.94. The summed E-state index contributed by atoms with van der Waals surface area (Å²) in [7, 11) is 0. The van der Waals surface area contributed by atoms with Crippen molar-refractivity contribution < 1.29 is 23.8 Å². The second-order valence-corrected chi connectivity index (χ2v) is 8.90. The van der Waals surface area contributed by atoms with Crippen LogP contribution in [0.2, 0.25) is 0 Å². The van der Waals surface area contributed by atoms with Gasteiger partial charge in [0.1, 0.15) is 19.0 Å². The smallest absolute Gasteiger partial charge is 0.293 e. The van der Waals surface area contributed by atoms with E-state index < -0.39 is 0 Å². The third-order valence-corrected chi connectivity index (χ3v) is 6.19. The predicted octanol–water partition coefficient (Wildman–Crippen LogP) is 6.09. The number of hydrogen-bond acceptors (Lipinski definition) is 6. The maximum atomic E-state index is 12.8. The number of hydrogen-bond donors (Lipinski definition) is 0. The Morgan fingerprint density at radius 1 is 0.886 bits per heavy atom. The van der Waals surface area contributed by atoms with Gasteiger partial charge in [-0.25, -0.2) is 0 Å². The molecule has 0 unspecified atom stereocenters. The van der Waals surface area contributed by atoms with E-state index in [1.165, 1.54) is 4.90 Å². The normalized spacial score (nSPS) is 14.5. The van der Waals surface area contributed by atoms with Gasteiger partial charge < -0.3 is 14.2 Å². The Morgan fingerprint density at radius 2 is 1.66 bits per heavy atom. The fraction of sp³-hybridized carbons (Fsp3) is 0.214. The lowest BCUT2D eigenvalue weighted by Gasteiger charge is -2.13. The van der Waals surface area contributed by atoms with Crippen LogP contribution in [0.15, 0.2) is 77.7 Å².